The maximum absolute atomic E-state index is 13.8. The van der Waals surface area contributed by atoms with Gasteiger partial charge in [0.15, 0.2) is 11.5 Å². The van der Waals surface area contributed by atoms with Gasteiger partial charge in [0.1, 0.15) is 12.4 Å². The van der Waals surface area contributed by atoms with E-state index in [1.54, 1.807) is 11.8 Å². The van der Waals surface area contributed by atoms with Gasteiger partial charge in [0, 0.05) is 18.4 Å². The topological polar surface area (TPSA) is 84.9 Å². The lowest BCUT2D eigenvalue weighted by Crippen LogP contribution is -2.41. The van der Waals surface area contributed by atoms with Crippen molar-refractivity contribution in [1.29, 1.82) is 0 Å². The highest BCUT2D eigenvalue weighted by molar-refractivity contribution is 7.98. The van der Waals surface area contributed by atoms with Crippen LogP contribution in [-0.4, -0.2) is 47.4 Å². The second-order valence-corrected chi connectivity index (χ2v) is 11.7. The Morgan fingerprint density at radius 2 is 1.82 bits per heavy atom. The molecule has 0 heterocycles. The van der Waals surface area contributed by atoms with Crippen LogP contribution in [0.2, 0.25) is 5.02 Å². The molecule has 0 saturated heterocycles. The number of rotatable bonds is 13. The molecule has 0 radical (unpaired) electrons. The van der Waals surface area contributed by atoms with Crippen molar-refractivity contribution in [3.8, 4) is 11.5 Å². The van der Waals surface area contributed by atoms with Crippen LogP contribution in [0.25, 0.3) is 0 Å². The minimum absolute atomic E-state index is 0.0510. The van der Waals surface area contributed by atoms with Crippen molar-refractivity contribution >= 4 is 45.0 Å². The Hall–Kier alpha value is -2.95. The molecule has 7 nitrogen and oxygen atoms in total. The van der Waals surface area contributed by atoms with Crippen molar-refractivity contribution < 1.29 is 27.1 Å². The van der Waals surface area contributed by atoms with E-state index in [1.165, 1.54) is 55.7 Å². The summed E-state index contributed by atoms with van der Waals surface area (Å²) in [6, 6.07) is 15.9. The van der Waals surface area contributed by atoms with Crippen LogP contribution >= 0.6 is 23.4 Å². The third kappa shape index (κ3) is 7.78. The Kier molecular flexibility index (Phi) is 10.7. The molecule has 0 aliphatic heterocycles. The SMILES string of the molecule is COc1ccc(S(=O)(=O)N(CC(=O)NCCCSCc2cccc(C)c2)c2ccc(F)c(Cl)c2)cc1OC. The van der Waals surface area contributed by atoms with E-state index in [0.29, 0.717) is 18.7 Å². The predicted octanol–water partition coefficient (Wildman–Crippen LogP) is 5.44. The number of ether oxygens (including phenoxy) is 2. The molecule has 0 bridgehead atoms. The predicted molar refractivity (Wildman–Crippen MR) is 150 cm³/mol. The zero-order valence-corrected chi connectivity index (χ0v) is 23.8. The number of thioether (sulfide) groups is 1. The Bertz CT molecular complexity index is 1370. The van der Waals surface area contributed by atoms with Crippen molar-refractivity contribution in [2.24, 2.45) is 0 Å². The molecule has 0 unspecified atom stereocenters. The third-order valence-electron chi connectivity index (χ3n) is 5.56. The van der Waals surface area contributed by atoms with Gasteiger partial charge in [-0.25, -0.2) is 12.8 Å². The number of aryl methyl sites for hydroxylation is 1. The molecule has 204 valence electrons. The fourth-order valence-corrected chi connectivity index (χ4v) is 6.15. The number of nitrogens with one attached hydrogen (secondary N) is 1. The monoisotopic (exact) mass is 580 g/mol. The van der Waals surface area contributed by atoms with Crippen molar-refractivity contribution in [2.45, 2.75) is 24.0 Å². The first kappa shape index (κ1) is 29.6. The Morgan fingerprint density at radius 1 is 1.05 bits per heavy atom. The van der Waals surface area contributed by atoms with Gasteiger partial charge in [0.25, 0.3) is 10.0 Å². The van der Waals surface area contributed by atoms with E-state index in [2.05, 4.69) is 30.4 Å². The molecule has 1 amide bonds. The summed E-state index contributed by atoms with van der Waals surface area (Å²) in [7, 11) is -1.44. The van der Waals surface area contributed by atoms with Crippen molar-refractivity contribution in [1.82, 2.24) is 5.32 Å². The molecule has 0 saturated carbocycles. The number of nitrogens with zero attached hydrogens (tertiary/aromatic N) is 1. The van der Waals surface area contributed by atoms with E-state index in [0.717, 1.165) is 21.9 Å². The van der Waals surface area contributed by atoms with E-state index in [9.17, 15) is 17.6 Å². The molecule has 0 aromatic heterocycles. The fraction of sp³-hybridized carbons (Fsp3) is 0.296. The first-order valence-corrected chi connectivity index (χ1v) is 14.7. The molecule has 0 aliphatic rings. The second kappa shape index (κ2) is 13.7. The van der Waals surface area contributed by atoms with Crippen molar-refractivity contribution in [3.63, 3.8) is 0 Å². The number of carbonyl (C=O) groups excluding carboxylic acids is 1. The highest BCUT2D eigenvalue weighted by Gasteiger charge is 2.29. The summed E-state index contributed by atoms with van der Waals surface area (Å²) in [5.74, 6) is 1.05. The normalized spacial score (nSPS) is 11.2. The van der Waals surface area contributed by atoms with Gasteiger partial charge in [0.2, 0.25) is 5.91 Å². The lowest BCUT2D eigenvalue weighted by atomic mass is 10.2. The summed E-state index contributed by atoms with van der Waals surface area (Å²) in [5, 5.41) is 2.51. The van der Waals surface area contributed by atoms with E-state index in [1.807, 2.05) is 6.07 Å². The Labute approximate surface area is 232 Å². The van der Waals surface area contributed by atoms with E-state index < -0.39 is 28.3 Å². The van der Waals surface area contributed by atoms with E-state index in [-0.39, 0.29) is 21.4 Å². The van der Waals surface area contributed by atoms with Crippen LogP contribution < -0.4 is 19.1 Å². The second-order valence-electron chi connectivity index (χ2n) is 8.37. The number of hydrogen-bond acceptors (Lipinski definition) is 6. The number of methoxy groups -OCH3 is 2. The number of sulfonamides is 1. The molecular weight excluding hydrogens is 551 g/mol. The molecule has 3 aromatic rings. The number of hydrogen-bond donors (Lipinski definition) is 1. The Morgan fingerprint density at radius 3 is 2.50 bits per heavy atom. The largest absolute Gasteiger partial charge is 0.493 e. The van der Waals surface area contributed by atoms with Crippen LogP contribution in [-0.2, 0) is 20.6 Å². The molecule has 1 N–H and O–H groups in total. The van der Waals surface area contributed by atoms with Gasteiger partial charge in [-0.15, -0.1) is 0 Å². The minimum Gasteiger partial charge on any atom is -0.493 e. The molecule has 0 aliphatic carbocycles. The zero-order valence-electron chi connectivity index (χ0n) is 21.4. The molecule has 3 rings (SSSR count). The molecule has 11 heteroatoms. The number of benzene rings is 3. The first-order valence-electron chi connectivity index (χ1n) is 11.8. The molecular formula is C27H30ClFN2O5S2. The standard InChI is InChI=1S/C27H30ClFN2O5S2/c1-19-6-4-7-20(14-19)18-37-13-5-12-30-27(32)17-31(21-8-10-24(29)23(28)15-21)38(33,34)22-9-11-25(35-2)26(16-22)36-3/h4,6-11,14-16H,5,12-13,17-18H2,1-3H3,(H,30,32). The molecule has 0 atom stereocenters. The highest BCUT2D eigenvalue weighted by atomic mass is 35.5. The number of halogens is 2. The van der Waals surface area contributed by atoms with Gasteiger partial charge >= 0.3 is 0 Å². The smallest absolute Gasteiger partial charge is 0.264 e. The van der Waals surface area contributed by atoms with Crippen molar-refractivity contribution in [2.75, 3.05) is 37.4 Å². The highest BCUT2D eigenvalue weighted by Crippen LogP contribution is 2.33. The van der Waals surface area contributed by atoms with Crippen LogP contribution in [0.4, 0.5) is 10.1 Å². The molecule has 0 fully saturated rings. The van der Waals surface area contributed by atoms with Crippen LogP contribution in [0, 0.1) is 12.7 Å². The van der Waals surface area contributed by atoms with Gasteiger partial charge in [-0.1, -0.05) is 41.4 Å². The summed E-state index contributed by atoms with van der Waals surface area (Å²) in [4.78, 5) is 12.7. The third-order valence-corrected chi connectivity index (χ3v) is 8.73. The van der Waals surface area contributed by atoms with Gasteiger partial charge < -0.3 is 14.8 Å². The van der Waals surface area contributed by atoms with Gasteiger partial charge in [-0.3, -0.25) is 9.10 Å². The van der Waals surface area contributed by atoms with Crippen LogP contribution in [0.5, 0.6) is 11.5 Å². The maximum atomic E-state index is 13.8. The average Bonchev–Trinajstić information content (AvgIpc) is 2.90. The van der Waals surface area contributed by atoms with Crippen molar-refractivity contribution in [3.05, 3.63) is 82.6 Å². The van der Waals surface area contributed by atoms with Gasteiger partial charge in [-0.2, -0.15) is 11.8 Å². The Balaban J connectivity index is 1.69. The number of amides is 1. The lowest BCUT2D eigenvalue weighted by molar-refractivity contribution is -0.119. The molecule has 3 aromatic carbocycles. The summed E-state index contributed by atoms with van der Waals surface area (Å²) >= 11 is 7.69. The zero-order chi connectivity index (χ0) is 27.7. The lowest BCUT2D eigenvalue weighted by Gasteiger charge is -2.24. The maximum Gasteiger partial charge on any atom is 0.264 e. The summed E-state index contributed by atoms with van der Waals surface area (Å²) in [6.45, 7) is 1.92. The van der Waals surface area contributed by atoms with Gasteiger partial charge in [0.05, 0.1) is 29.8 Å². The van der Waals surface area contributed by atoms with Crippen LogP contribution in [0.15, 0.2) is 65.6 Å². The average molecular weight is 581 g/mol. The number of carbonyl (C=O) groups is 1. The first-order chi connectivity index (χ1) is 18.1. The summed E-state index contributed by atoms with van der Waals surface area (Å²) in [5.41, 5.74) is 2.51. The minimum atomic E-state index is -4.26. The summed E-state index contributed by atoms with van der Waals surface area (Å²) < 4.78 is 52.4. The molecule has 0 spiro atoms. The quantitative estimate of drug-likeness (QED) is 0.271. The molecule has 38 heavy (non-hydrogen) atoms. The van der Waals surface area contributed by atoms with Gasteiger partial charge in [-0.05, 0) is 55.0 Å². The van der Waals surface area contributed by atoms with Crippen LogP contribution in [0.1, 0.15) is 17.5 Å². The van der Waals surface area contributed by atoms with E-state index >= 15 is 0 Å². The summed E-state index contributed by atoms with van der Waals surface area (Å²) in [6.07, 6.45) is 0.715. The number of anilines is 1. The fourth-order valence-electron chi connectivity index (χ4n) is 3.64. The van der Waals surface area contributed by atoms with Crippen LogP contribution in [0.3, 0.4) is 0 Å². The van der Waals surface area contributed by atoms with E-state index in [4.69, 9.17) is 21.1 Å².